The van der Waals surface area contributed by atoms with Crippen molar-refractivity contribution in [1.82, 2.24) is 15.5 Å². The molecule has 0 unspecified atom stereocenters. The SMILES string of the molecule is COc1cc(-c2ccccc2)sc1C(=O)NCCCN1CCNCC1.Cl. The van der Waals surface area contributed by atoms with Gasteiger partial charge in [0.1, 0.15) is 10.6 Å². The number of thiophene rings is 1. The molecule has 1 aliphatic heterocycles. The Labute approximate surface area is 165 Å². The number of halogens is 1. The third-order valence-corrected chi connectivity index (χ3v) is 5.49. The van der Waals surface area contributed by atoms with Gasteiger partial charge in [0.25, 0.3) is 5.91 Å². The number of methoxy groups -OCH3 is 1. The maximum Gasteiger partial charge on any atom is 0.265 e. The van der Waals surface area contributed by atoms with Gasteiger partial charge in [-0.3, -0.25) is 4.79 Å². The second-order valence-corrected chi connectivity index (χ2v) is 7.13. The zero-order chi connectivity index (χ0) is 17.5. The van der Waals surface area contributed by atoms with Gasteiger partial charge in [0, 0.05) is 37.6 Å². The van der Waals surface area contributed by atoms with Gasteiger partial charge in [-0.15, -0.1) is 23.7 Å². The lowest BCUT2D eigenvalue weighted by molar-refractivity contribution is 0.0952. The van der Waals surface area contributed by atoms with Crippen molar-refractivity contribution in [2.45, 2.75) is 6.42 Å². The second kappa shape index (κ2) is 10.5. The maximum atomic E-state index is 12.5. The van der Waals surface area contributed by atoms with E-state index in [0.717, 1.165) is 49.6 Å². The summed E-state index contributed by atoms with van der Waals surface area (Å²) in [5.74, 6) is 0.591. The van der Waals surface area contributed by atoms with E-state index in [1.54, 1.807) is 7.11 Å². The highest BCUT2D eigenvalue weighted by atomic mass is 35.5. The van der Waals surface area contributed by atoms with Crippen LogP contribution in [0.15, 0.2) is 36.4 Å². The van der Waals surface area contributed by atoms with E-state index in [-0.39, 0.29) is 18.3 Å². The number of carbonyl (C=O) groups is 1. The molecule has 0 aliphatic carbocycles. The van der Waals surface area contributed by atoms with Crippen LogP contribution in [-0.2, 0) is 0 Å². The number of rotatable bonds is 7. The lowest BCUT2D eigenvalue weighted by Crippen LogP contribution is -2.44. The topological polar surface area (TPSA) is 53.6 Å². The summed E-state index contributed by atoms with van der Waals surface area (Å²) in [7, 11) is 1.61. The smallest absolute Gasteiger partial charge is 0.265 e. The molecule has 1 saturated heterocycles. The van der Waals surface area contributed by atoms with Gasteiger partial charge < -0.3 is 20.3 Å². The first-order valence-electron chi connectivity index (χ1n) is 8.72. The van der Waals surface area contributed by atoms with Crippen LogP contribution in [0.4, 0.5) is 0 Å². The Kier molecular flexibility index (Phi) is 8.38. The highest BCUT2D eigenvalue weighted by molar-refractivity contribution is 7.17. The fourth-order valence-corrected chi connectivity index (χ4v) is 4.00. The molecule has 7 heteroatoms. The molecule has 3 rings (SSSR count). The standard InChI is InChI=1S/C19H25N3O2S.ClH/c1-24-16-14-17(15-6-3-2-4-7-15)25-18(16)19(23)21-8-5-11-22-12-9-20-10-13-22;/h2-4,6-7,14,20H,5,8-13H2,1H3,(H,21,23);1H. The molecule has 5 nitrogen and oxygen atoms in total. The van der Waals surface area contributed by atoms with E-state index in [0.29, 0.717) is 17.2 Å². The van der Waals surface area contributed by atoms with Crippen molar-refractivity contribution in [2.75, 3.05) is 46.4 Å². The molecule has 2 aromatic rings. The van der Waals surface area contributed by atoms with Crippen LogP contribution in [0.3, 0.4) is 0 Å². The third kappa shape index (κ3) is 5.45. The zero-order valence-electron chi connectivity index (χ0n) is 15.0. The number of amides is 1. The summed E-state index contributed by atoms with van der Waals surface area (Å²) in [6.45, 7) is 6.01. The van der Waals surface area contributed by atoms with Crippen molar-refractivity contribution in [3.63, 3.8) is 0 Å². The van der Waals surface area contributed by atoms with Gasteiger partial charge in [-0.2, -0.15) is 0 Å². The van der Waals surface area contributed by atoms with E-state index < -0.39 is 0 Å². The molecule has 0 saturated carbocycles. The molecule has 1 aromatic heterocycles. The van der Waals surface area contributed by atoms with Crippen LogP contribution >= 0.6 is 23.7 Å². The van der Waals surface area contributed by atoms with Crippen LogP contribution in [0.2, 0.25) is 0 Å². The Morgan fingerprint density at radius 1 is 1.27 bits per heavy atom. The Morgan fingerprint density at radius 2 is 2.00 bits per heavy atom. The van der Waals surface area contributed by atoms with E-state index in [4.69, 9.17) is 4.74 Å². The van der Waals surface area contributed by atoms with Gasteiger partial charge in [-0.05, 0) is 24.6 Å². The van der Waals surface area contributed by atoms with E-state index in [2.05, 4.69) is 15.5 Å². The lowest BCUT2D eigenvalue weighted by atomic mass is 10.2. The first kappa shape index (κ1) is 20.7. The number of carbonyl (C=O) groups excluding carboxylic acids is 1. The van der Waals surface area contributed by atoms with Crippen molar-refractivity contribution in [3.05, 3.63) is 41.3 Å². The molecule has 0 bridgehead atoms. The molecule has 2 N–H and O–H groups in total. The Bertz CT molecular complexity index is 687. The number of benzene rings is 1. The molecule has 0 atom stereocenters. The van der Waals surface area contributed by atoms with Gasteiger partial charge in [0.2, 0.25) is 0 Å². The van der Waals surface area contributed by atoms with Crippen LogP contribution in [0, 0.1) is 0 Å². The molecule has 26 heavy (non-hydrogen) atoms. The Balaban J connectivity index is 0.00000243. The van der Waals surface area contributed by atoms with Crippen LogP contribution < -0.4 is 15.4 Å². The maximum absolute atomic E-state index is 12.5. The number of nitrogens with one attached hydrogen (secondary N) is 2. The van der Waals surface area contributed by atoms with Crippen molar-refractivity contribution >= 4 is 29.7 Å². The van der Waals surface area contributed by atoms with Crippen LogP contribution in [0.5, 0.6) is 5.75 Å². The van der Waals surface area contributed by atoms with Gasteiger partial charge in [-0.1, -0.05) is 30.3 Å². The first-order chi connectivity index (χ1) is 12.3. The minimum atomic E-state index is -0.0515. The lowest BCUT2D eigenvalue weighted by Gasteiger charge is -2.27. The number of ether oxygens (including phenoxy) is 1. The molecule has 1 amide bonds. The van der Waals surface area contributed by atoms with Gasteiger partial charge in [0.15, 0.2) is 0 Å². The highest BCUT2D eigenvalue weighted by Gasteiger charge is 2.18. The van der Waals surface area contributed by atoms with Crippen LogP contribution in [-0.4, -0.2) is 57.2 Å². The summed E-state index contributed by atoms with van der Waals surface area (Å²) in [5.41, 5.74) is 1.10. The van der Waals surface area contributed by atoms with Gasteiger partial charge in [0.05, 0.1) is 7.11 Å². The molecule has 1 fully saturated rings. The predicted octanol–water partition coefficient (Wildman–Crippen LogP) is 2.87. The fraction of sp³-hybridized carbons (Fsp3) is 0.421. The third-order valence-electron chi connectivity index (χ3n) is 4.33. The summed E-state index contributed by atoms with van der Waals surface area (Å²) in [4.78, 5) is 16.6. The van der Waals surface area contributed by atoms with Gasteiger partial charge in [-0.25, -0.2) is 0 Å². The summed E-state index contributed by atoms with van der Waals surface area (Å²) in [6, 6.07) is 12.0. The quantitative estimate of drug-likeness (QED) is 0.708. The fourth-order valence-electron chi connectivity index (χ4n) is 2.95. The summed E-state index contributed by atoms with van der Waals surface area (Å²) in [5, 5.41) is 6.38. The molecule has 142 valence electrons. The molecular weight excluding hydrogens is 370 g/mol. The van der Waals surface area contributed by atoms with Crippen molar-refractivity contribution in [2.24, 2.45) is 0 Å². The minimum Gasteiger partial charge on any atom is -0.495 e. The van der Waals surface area contributed by atoms with E-state index >= 15 is 0 Å². The second-order valence-electron chi connectivity index (χ2n) is 6.08. The van der Waals surface area contributed by atoms with E-state index in [1.807, 2.05) is 36.4 Å². The monoisotopic (exact) mass is 395 g/mol. The number of hydrogen-bond donors (Lipinski definition) is 2. The molecule has 0 radical (unpaired) electrons. The molecule has 0 spiro atoms. The van der Waals surface area contributed by atoms with Crippen LogP contribution in [0.25, 0.3) is 10.4 Å². The van der Waals surface area contributed by atoms with E-state index in [9.17, 15) is 4.79 Å². The van der Waals surface area contributed by atoms with Crippen molar-refractivity contribution in [3.8, 4) is 16.2 Å². The molecule has 2 heterocycles. The largest absolute Gasteiger partial charge is 0.495 e. The first-order valence-corrected chi connectivity index (χ1v) is 9.54. The normalized spacial score (nSPS) is 14.5. The minimum absolute atomic E-state index is 0. The average Bonchev–Trinajstić information content (AvgIpc) is 3.11. The number of piperazine rings is 1. The summed E-state index contributed by atoms with van der Waals surface area (Å²) >= 11 is 1.48. The number of nitrogens with zero attached hydrogens (tertiary/aromatic N) is 1. The highest BCUT2D eigenvalue weighted by Crippen LogP contribution is 2.36. The summed E-state index contributed by atoms with van der Waals surface area (Å²) in [6.07, 6.45) is 0.963. The zero-order valence-corrected chi connectivity index (χ0v) is 16.6. The average molecular weight is 396 g/mol. The number of hydrogen-bond acceptors (Lipinski definition) is 5. The Hall–Kier alpha value is -1.60. The Morgan fingerprint density at radius 3 is 2.69 bits per heavy atom. The van der Waals surface area contributed by atoms with E-state index in [1.165, 1.54) is 11.3 Å². The van der Waals surface area contributed by atoms with Crippen LogP contribution in [0.1, 0.15) is 16.1 Å². The van der Waals surface area contributed by atoms with Crippen molar-refractivity contribution in [1.29, 1.82) is 0 Å². The molecule has 1 aliphatic rings. The molecule has 1 aromatic carbocycles. The predicted molar refractivity (Wildman–Crippen MR) is 110 cm³/mol. The summed E-state index contributed by atoms with van der Waals surface area (Å²) < 4.78 is 5.40. The molecular formula is C19H26ClN3O2S. The van der Waals surface area contributed by atoms with Gasteiger partial charge >= 0.3 is 0 Å². The van der Waals surface area contributed by atoms with Crippen molar-refractivity contribution < 1.29 is 9.53 Å².